The quantitative estimate of drug-likeness (QED) is 0.812. The average Bonchev–Trinajstić information content (AvgIpc) is 2.94. The molecule has 0 N–H and O–H groups in total. The standard InChI is InChI=1S/C19H27N5O2/c1-5-8-24-16(9-13(2)20-24)12-22(3)19(26)14-6-7-17-15(10-14)11-18(25)23(4)21-17/h9,11,14H,5-8,10,12H2,1-4H3. The van der Waals surface area contributed by atoms with E-state index in [0.717, 1.165) is 48.5 Å². The molecule has 0 spiro atoms. The Morgan fingerprint density at radius 3 is 2.85 bits per heavy atom. The van der Waals surface area contributed by atoms with Gasteiger partial charge in [-0.1, -0.05) is 6.92 Å². The van der Waals surface area contributed by atoms with Crippen molar-refractivity contribution in [1.82, 2.24) is 24.5 Å². The van der Waals surface area contributed by atoms with Gasteiger partial charge in [0.1, 0.15) is 0 Å². The van der Waals surface area contributed by atoms with Gasteiger partial charge in [-0.2, -0.15) is 10.2 Å². The van der Waals surface area contributed by atoms with E-state index in [1.54, 1.807) is 18.0 Å². The first-order valence-corrected chi connectivity index (χ1v) is 9.23. The number of aromatic nitrogens is 4. The molecule has 1 unspecified atom stereocenters. The van der Waals surface area contributed by atoms with Crippen molar-refractivity contribution in [2.24, 2.45) is 13.0 Å². The number of carbonyl (C=O) groups excluding carboxylic acids is 1. The topological polar surface area (TPSA) is 73.0 Å². The molecule has 0 aliphatic heterocycles. The molecule has 140 valence electrons. The predicted molar refractivity (Wildman–Crippen MR) is 98.7 cm³/mol. The van der Waals surface area contributed by atoms with Crippen molar-refractivity contribution < 1.29 is 4.79 Å². The lowest BCUT2D eigenvalue weighted by molar-refractivity contribution is -0.135. The van der Waals surface area contributed by atoms with Crippen LogP contribution in [0.4, 0.5) is 0 Å². The second-order valence-electron chi connectivity index (χ2n) is 7.21. The summed E-state index contributed by atoms with van der Waals surface area (Å²) in [5.41, 5.74) is 3.77. The zero-order valence-electron chi connectivity index (χ0n) is 16.0. The minimum absolute atomic E-state index is 0.0925. The van der Waals surface area contributed by atoms with E-state index in [2.05, 4.69) is 17.1 Å². The molecule has 7 heteroatoms. The molecule has 1 amide bonds. The Bertz CT molecular complexity index is 867. The van der Waals surface area contributed by atoms with E-state index in [-0.39, 0.29) is 17.4 Å². The highest BCUT2D eigenvalue weighted by atomic mass is 16.2. The van der Waals surface area contributed by atoms with Crippen LogP contribution in [0.1, 0.15) is 42.4 Å². The van der Waals surface area contributed by atoms with Crippen molar-refractivity contribution in [3.63, 3.8) is 0 Å². The lowest BCUT2D eigenvalue weighted by Crippen LogP contribution is -2.37. The number of nitrogens with zero attached hydrogens (tertiary/aromatic N) is 5. The van der Waals surface area contributed by atoms with Gasteiger partial charge in [0.05, 0.1) is 23.6 Å². The van der Waals surface area contributed by atoms with Crippen molar-refractivity contribution >= 4 is 5.91 Å². The van der Waals surface area contributed by atoms with Gasteiger partial charge in [0.15, 0.2) is 0 Å². The third-order valence-electron chi connectivity index (χ3n) is 5.00. The van der Waals surface area contributed by atoms with E-state index in [1.807, 2.05) is 24.7 Å². The van der Waals surface area contributed by atoms with Crippen LogP contribution < -0.4 is 5.56 Å². The maximum absolute atomic E-state index is 12.9. The highest BCUT2D eigenvalue weighted by molar-refractivity contribution is 5.79. The summed E-state index contributed by atoms with van der Waals surface area (Å²) in [4.78, 5) is 26.6. The summed E-state index contributed by atoms with van der Waals surface area (Å²) in [5, 5.41) is 8.83. The molecule has 7 nitrogen and oxygen atoms in total. The van der Waals surface area contributed by atoms with Crippen LogP contribution in [0.3, 0.4) is 0 Å². The van der Waals surface area contributed by atoms with E-state index >= 15 is 0 Å². The van der Waals surface area contributed by atoms with E-state index in [9.17, 15) is 9.59 Å². The van der Waals surface area contributed by atoms with Gasteiger partial charge >= 0.3 is 0 Å². The molecular formula is C19H27N5O2. The summed E-state index contributed by atoms with van der Waals surface area (Å²) in [6, 6.07) is 3.67. The lowest BCUT2D eigenvalue weighted by atomic mass is 9.86. The zero-order chi connectivity index (χ0) is 18.8. The molecule has 0 bridgehead atoms. The van der Waals surface area contributed by atoms with Gasteiger partial charge < -0.3 is 4.90 Å². The van der Waals surface area contributed by atoms with Crippen LogP contribution in [-0.4, -0.2) is 37.4 Å². The summed E-state index contributed by atoms with van der Waals surface area (Å²) in [6.45, 7) is 5.51. The fourth-order valence-electron chi connectivity index (χ4n) is 3.66. The highest BCUT2D eigenvalue weighted by Gasteiger charge is 2.28. The van der Waals surface area contributed by atoms with E-state index < -0.39 is 0 Å². The number of fused-ring (bicyclic) bond motifs is 1. The third kappa shape index (κ3) is 3.71. The Hall–Kier alpha value is -2.44. The molecule has 1 aliphatic rings. The molecule has 3 rings (SSSR count). The van der Waals surface area contributed by atoms with Gasteiger partial charge in [0.2, 0.25) is 5.91 Å². The fraction of sp³-hybridized carbons (Fsp3) is 0.579. The average molecular weight is 357 g/mol. The maximum Gasteiger partial charge on any atom is 0.266 e. The highest BCUT2D eigenvalue weighted by Crippen LogP contribution is 2.25. The van der Waals surface area contributed by atoms with Crippen molar-refractivity contribution in [2.45, 2.75) is 52.6 Å². The van der Waals surface area contributed by atoms with Crippen LogP contribution in [0.5, 0.6) is 0 Å². The van der Waals surface area contributed by atoms with Gasteiger partial charge in [-0.15, -0.1) is 0 Å². The smallest absolute Gasteiger partial charge is 0.266 e. The van der Waals surface area contributed by atoms with Gasteiger partial charge in [-0.25, -0.2) is 4.68 Å². The molecule has 0 saturated heterocycles. The SMILES string of the molecule is CCCn1nc(C)cc1CN(C)C(=O)C1CCc2nn(C)c(=O)cc2C1. The number of hydrogen-bond acceptors (Lipinski definition) is 4. The van der Waals surface area contributed by atoms with Crippen LogP contribution in [0.15, 0.2) is 16.9 Å². The van der Waals surface area contributed by atoms with Gasteiger partial charge in [0.25, 0.3) is 5.56 Å². The molecular weight excluding hydrogens is 330 g/mol. The van der Waals surface area contributed by atoms with E-state index in [4.69, 9.17) is 0 Å². The lowest BCUT2D eigenvalue weighted by Gasteiger charge is -2.27. The number of hydrogen-bond donors (Lipinski definition) is 0. The molecule has 0 fully saturated rings. The first-order valence-electron chi connectivity index (χ1n) is 9.23. The summed E-state index contributed by atoms with van der Waals surface area (Å²) in [7, 11) is 3.51. The number of carbonyl (C=O) groups is 1. The number of rotatable bonds is 5. The van der Waals surface area contributed by atoms with Crippen molar-refractivity contribution in [2.75, 3.05) is 7.05 Å². The molecule has 0 aromatic carbocycles. The number of amides is 1. The van der Waals surface area contributed by atoms with Crippen molar-refractivity contribution in [3.8, 4) is 0 Å². The Labute approximate surface area is 153 Å². The zero-order valence-corrected chi connectivity index (χ0v) is 16.0. The fourth-order valence-corrected chi connectivity index (χ4v) is 3.66. The predicted octanol–water partition coefficient (Wildman–Crippen LogP) is 1.46. The molecule has 2 heterocycles. The summed E-state index contributed by atoms with van der Waals surface area (Å²) >= 11 is 0. The van der Waals surface area contributed by atoms with Crippen LogP contribution in [-0.2, 0) is 37.8 Å². The molecule has 0 saturated carbocycles. The molecule has 2 aromatic rings. The summed E-state index contributed by atoms with van der Waals surface area (Å²) < 4.78 is 3.35. The van der Waals surface area contributed by atoms with Crippen LogP contribution >= 0.6 is 0 Å². The molecule has 0 radical (unpaired) electrons. The minimum Gasteiger partial charge on any atom is -0.340 e. The largest absolute Gasteiger partial charge is 0.340 e. The Balaban J connectivity index is 1.71. The van der Waals surface area contributed by atoms with E-state index in [0.29, 0.717) is 13.0 Å². The van der Waals surface area contributed by atoms with Crippen molar-refractivity contribution in [1.29, 1.82) is 0 Å². The van der Waals surface area contributed by atoms with Crippen molar-refractivity contribution in [3.05, 3.63) is 45.1 Å². The van der Waals surface area contributed by atoms with E-state index in [1.165, 1.54) is 4.68 Å². The summed E-state index contributed by atoms with van der Waals surface area (Å²) in [5.74, 6) is 0.0308. The summed E-state index contributed by atoms with van der Waals surface area (Å²) in [6.07, 6.45) is 3.11. The molecule has 1 aliphatic carbocycles. The number of aryl methyl sites for hydroxylation is 4. The van der Waals surface area contributed by atoms with Crippen LogP contribution in [0.25, 0.3) is 0 Å². The molecule has 1 atom stereocenters. The Morgan fingerprint density at radius 2 is 2.12 bits per heavy atom. The van der Waals surface area contributed by atoms with Gasteiger partial charge in [0, 0.05) is 32.6 Å². The molecule has 26 heavy (non-hydrogen) atoms. The van der Waals surface area contributed by atoms with Gasteiger partial charge in [-0.3, -0.25) is 14.3 Å². The third-order valence-corrected chi connectivity index (χ3v) is 5.00. The minimum atomic E-state index is -0.121. The first kappa shape index (κ1) is 18.4. The monoisotopic (exact) mass is 357 g/mol. The first-order chi connectivity index (χ1) is 12.4. The molecule has 2 aromatic heterocycles. The van der Waals surface area contributed by atoms with Gasteiger partial charge in [-0.05, 0) is 44.2 Å². The van der Waals surface area contributed by atoms with Crippen LogP contribution in [0.2, 0.25) is 0 Å². The second kappa shape index (κ2) is 7.43. The Kier molecular flexibility index (Phi) is 5.25. The Morgan fingerprint density at radius 1 is 1.35 bits per heavy atom. The second-order valence-corrected chi connectivity index (χ2v) is 7.21. The normalized spacial score (nSPS) is 16.4. The maximum atomic E-state index is 12.9. The van der Waals surface area contributed by atoms with Crippen LogP contribution in [0, 0.1) is 12.8 Å².